The third kappa shape index (κ3) is 5.51. The number of hydrogen-bond acceptors (Lipinski definition) is 3. The predicted molar refractivity (Wildman–Crippen MR) is 82.4 cm³/mol. The van der Waals surface area contributed by atoms with Crippen molar-refractivity contribution in [2.45, 2.75) is 32.6 Å². The van der Waals surface area contributed by atoms with Crippen LogP contribution in [0, 0.1) is 0 Å². The Morgan fingerprint density at radius 3 is 2.40 bits per heavy atom. The zero-order valence-electron chi connectivity index (χ0n) is 12.6. The van der Waals surface area contributed by atoms with Crippen LogP contribution < -0.4 is 4.74 Å². The number of piperidine rings is 1. The maximum absolute atomic E-state index is 5.66. The third-order valence-corrected chi connectivity index (χ3v) is 3.83. The second kappa shape index (κ2) is 8.98. The van der Waals surface area contributed by atoms with E-state index in [1.165, 1.54) is 37.9 Å². The second-order valence-electron chi connectivity index (χ2n) is 5.36. The van der Waals surface area contributed by atoms with Crippen LogP contribution in [0.1, 0.15) is 31.7 Å². The Bertz CT molecular complexity index is 358. The second-order valence-corrected chi connectivity index (χ2v) is 5.36. The molecule has 0 amide bonds. The quantitative estimate of drug-likeness (QED) is 0.681. The topological polar surface area (TPSA) is 21.7 Å². The van der Waals surface area contributed by atoms with Crippen molar-refractivity contribution in [1.29, 1.82) is 0 Å². The van der Waals surface area contributed by atoms with E-state index in [9.17, 15) is 0 Å². The number of ether oxygens (including phenoxy) is 2. The molecule has 0 radical (unpaired) electrons. The molecule has 1 saturated heterocycles. The molecule has 0 unspecified atom stereocenters. The maximum atomic E-state index is 5.66. The molecule has 3 heteroatoms. The van der Waals surface area contributed by atoms with Gasteiger partial charge in [-0.15, -0.1) is 0 Å². The molecular weight excluding hydrogens is 250 g/mol. The van der Waals surface area contributed by atoms with E-state index in [1.807, 2.05) is 12.1 Å². The van der Waals surface area contributed by atoms with E-state index in [2.05, 4.69) is 24.0 Å². The van der Waals surface area contributed by atoms with E-state index in [0.717, 1.165) is 25.3 Å². The molecule has 1 aromatic rings. The summed E-state index contributed by atoms with van der Waals surface area (Å²) in [5, 5.41) is 0. The highest BCUT2D eigenvalue weighted by atomic mass is 16.5. The lowest BCUT2D eigenvalue weighted by Crippen LogP contribution is -2.32. The monoisotopic (exact) mass is 277 g/mol. The van der Waals surface area contributed by atoms with Gasteiger partial charge in [0.1, 0.15) is 12.4 Å². The van der Waals surface area contributed by atoms with Gasteiger partial charge in [-0.3, -0.25) is 0 Å². The van der Waals surface area contributed by atoms with Crippen LogP contribution in [0.4, 0.5) is 0 Å². The Kier molecular flexibility index (Phi) is 6.89. The van der Waals surface area contributed by atoms with Crippen LogP contribution >= 0.6 is 0 Å². The van der Waals surface area contributed by atoms with Crippen LogP contribution in [0.5, 0.6) is 5.75 Å². The van der Waals surface area contributed by atoms with E-state index in [0.29, 0.717) is 13.2 Å². The Balaban J connectivity index is 1.50. The first-order valence-corrected chi connectivity index (χ1v) is 7.90. The summed E-state index contributed by atoms with van der Waals surface area (Å²) in [5.74, 6) is 0.932. The number of nitrogens with zero attached hydrogens (tertiary/aromatic N) is 1. The fourth-order valence-electron chi connectivity index (χ4n) is 2.52. The first-order chi connectivity index (χ1) is 9.88. The summed E-state index contributed by atoms with van der Waals surface area (Å²) >= 11 is 0. The van der Waals surface area contributed by atoms with Crippen molar-refractivity contribution < 1.29 is 9.47 Å². The van der Waals surface area contributed by atoms with Crippen LogP contribution in [0.3, 0.4) is 0 Å². The molecule has 20 heavy (non-hydrogen) atoms. The van der Waals surface area contributed by atoms with E-state index < -0.39 is 0 Å². The van der Waals surface area contributed by atoms with Gasteiger partial charge < -0.3 is 14.4 Å². The standard InChI is InChI=1S/C17H27NO2/c1-2-16-6-8-17(9-7-16)20-15-14-19-13-12-18-10-4-3-5-11-18/h6-9H,2-5,10-15H2,1H3. The van der Waals surface area contributed by atoms with Gasteiger partial charge in [0.15, 0.2) is 0 Å². The molecule has 0 bridgehead atoms. The van der Waals surface area contributed by atoms with Crippen molar-refractivity contribution in [2.75, 3.05) is 39.5 Å². The number of hydrogen-bond donors (Lipinski definition) is 0. The average molecular weight is 277 g/mol. The molecule has 0 N–H and O–H groups in total. The summed E-state index contributed by atoms with van der Waals surface area (Å²) in [6.07, 6.45) is 5.15. The summed E-state index contributed by atoms with van der Waals surface area (Å²) in [4.78, 5) is 2.49. The maximum Gasteiger partial charge on any atom is 0.119 e. The van der Waals surface area contributed by atoms with E-state index in [1.54, 1.807) is 0 Å². The van der Waals surface area contributed by atoms with Crippen molar-refractivity contribution in [2.24, 2.45) is 0 Å². The molecule has 0 spiro atoms. The highest BCUT2D eigenvalue weighted by molar-refractivity contribution is 5.27. The molecule has 2 rings (SSSR count). The molecule has 1 aliphatic rings. The van der Waals surface area contributed by atoms with Gasteiger partial charge in [-0.1, -0.05) is 25.5 Å². The molecule has 3 nitrogen and oxygen atoms in total. The lowest BCUT2D eigenvalue weighted by molar-refractivity contribution is 0.0750. The fourth-order valence-corrected chi connectivity index (χ4v) is 2.52. The highest BCUT2D eigenvalue weighted by Gasteiger charge is 2.08. The average Bonchev–Trinajstić information content (AvgIpc) is 2.52. The SMILES string of the molecule is CCc1ccc(OCCOCCN2CCCCC2)cc1. The fraction of sp³-hybridized carbons (Fsp3) is 0.647. The molecule has 1 aromatic carbocycles. The van der Waals surface area contributed by atoms with Crippen LogP contribution in [0.2, 0.25) is 0 Å². The van der Waals surface area contributed by atoms with Gasteiger partial charge in [0.25, 0.3) is 0 Å². The van der Waals surface area contributed by atoms with E-state index in [4.69, 9.17) is 9.47 Å². The molecule has 0 saturated carbocycles. The lowest BCUT2D eigenvalue weighted by atomic mass is 10.1. The van der Waals surface area contributed by atoms with Gasteiger partial charge in [-0.25, -0.2) is 0 Å². The highest BCUT2D eigenvalue weighted by Crippen LogP contribution is 2.12. The van der Waals surface area contributed by atoms with Crippen LogP contribution in [-0.2, 0) is 11.2 Å². The molecule has 0 atom stereocenters. The minimum absolute atomic E-state index is 0.630. The normalized spacial score (nSPS) is 16.2. The van der Waals surface area contributed by atoms with Gasteiger partial charge in [0, 0.05) is 6.54 Å². The number of benzene rings is 1. The van der Waals surface area contributed by atoms with Crippen LogP contribution in [0.15, 0.2) is 24.3 Å². The zero-order valence-corrected chi connectivity index (χ0v) is 12.6. The molecule has 0 aromatic heterocycles. The largest absolute Gasteiger partial charge is 0.491 e. The summed E-state index contributed by atoms with van der Waals surface area (Å²) in [7, 11) is 0. The summed E-state index contributed by atoms with van der Waals surface area (Å²) < 4.78 is 11.3. The van der Waals surface area contributed by atoms with Crippen molar-refractivity contribution in [3.05, 3.63) is 29.8 Å². The predicted octanol–water partition coefficient (Wildman–Crippen LogP) is 3.13. The first kappa shape index (κ1) is 15.3. The number of likely N-dealkylation sites (tertiary alicyclic amines) is 1. The van der Waals surface area contributed by atoms with Gasteiger partial charge in [0.05, 0.1) is 13.2 Å². The number of rotatable bonds is 8. The van der Waals surface area contributed by atoms with Gasteiger partial charge in [-0.2, -0.15) is 0 Å². The van der Waals surface area contributed by atoms with Gasteiger partial charge in [0.2, 0.25) is 0 Å². The first-order valence-electron chi connectivity index (χ1n) is 7.90. The minimum Gasteiger partial charge on any atom is -0.491 e. The summed E-state index contributed by atoms with van der Waals surface area (Å²) in [6, 6.07) is 8.30. The Morgan fingerprint density at radius 2 is 1.70 bits per heavy atom. The summed E-state index contributed by atoms with van der Waals surface area (Å²) in [5.41, 5.74) is 1.34. The molecule has 0 aliphatic carbocycles. The molecule has 1 heterocycles. The lowest BCUT2D eigenvalue weighted by Gasteiger charge is -2.26. The molecule has 1 aliphatic heterocycles. The molecular formula is C17H27NO2. The van der Waals surface area contributed by atoms with Gasteiger partial charge >= 0.3 is 0 Å². The Morgan fingerprint density at radius 1 is 0.950 bits per heavy atom. The van der Waals surface area contributed by atoms with Crippen LogP contribution in [-0.4, -0.2) is 44.4 Å². The van der Waals surface area contributed by atoms with Crippen molar-refractivity contribution >= 4 is 0 Å². The van der Waals surface area contributed by atoms with Gasteiger partial charge in [-0.05, 0) is 50.0 Å². The Labute approximate surface area is 122 Å². The van der Waals surface area contributed by atoms with E-state index >= 15 is 0 Å². The van der Waals surface area contributed by atoms with E-state index in [-0.39, 0.29) is 0 Å². The smallest absolute Gasteiger partial charge is 0.119 e. The van der Waals surface area contributed by atoms with Crippen LogP contribution in [0.25, 0.3) is 0 Å². The minimum atomic E-state index is 0.630. The molecule has 112 valence electrons. The Hall–Kier alpha value is -1.06. The van der Waals surface area contributed by atoms with Crippen molar-refractivity contribution in [3.63, 3.8) is 0 Å². The zero-order chi connectivity index (χ0) is 14.0. The van der Waals surface area contributed by atoms with Crippen molar-refractivity contribution in [1.82, 2.24) is 4.90 Å². The third-order valence-electron chi connectivity index (χ3n) is 3.83. The number of aryl methyl sites for hydroxylation is 1. The molecule has 1 fully saturated rings. The summed E-state index contributed by atoms with van der Waals surface area (Å²) in [6.45, 7) is 7.82. The van der Waals surface area contributed by atoms with Crippen molar-refractivity contribution in [3.8, 4) is 5.75 Å².